The number of carboxylic acid groups (broad SMARTS) is 1. The summed E-state index contributed by atoms with van der Waals surface area (Å²) in [4.78, 5) is 30.1. The zero-order chi connectivity index (χ0) is 18.9. The molecule has 26 heavy (non-hydrogen) atoms. The number of carbonyl (C=O) groups excluding carboxylic acids is 1. The number of benzene rings is 1. The summed E-state index contributed by atoms with van der Waals surface area (Å²) < 4.78 is 5.21. The molecular weight excluding hydrogens is 334 g/mol. The lowest BCUT2D eigenvalue weighted by Crippen LogP contribution is -2.48. The van der Waals surface area contributed by atoms with E-state index in [1.54, 1.807) is 0 Å². The summed E-state index contributed by atoms with van der Waals surface area (Å²) in [6.07, 6.45) is 0.760. The predicted molar refractivity (Wildman–Crippen MR) is 93.4 cm³/mol. The Morgan fingerprint density at radius 2 is 1.96 bits per heavy atom. The van der Waals surface area contributed by atoms with Crippen LogP contribution >= 0.6 is 0 Å². The van der Waals surface area contributed by atoms with Crippen molar-refractivity contribution in [1.82, 2.24) is 15.0 Å². The number of aromatic nitrogens is 2. The van der Waals surface area contributed by atoms with Crippen molar-refractivity contribution in [3.05, 3.63) is 47.1 Å². The van der Waals surface area contributed by atoms with Crippen LogP contribution in [0.15, 0.2) is 28.8 Å². The van der Waals surface area contributed by atoms with Crippen molar-refractivity contribution in [2.75, 3.05) is 0 Å². The molecule has 2 heterocycles. The minimum atomic E-state index is -0.985. The van der Waals surface area contributed by atoms with Gasteiger partial charge in [0.15, 0.2) is 5.82 Å². The van der Waals surface area contributed by atoms with Crippen LogP contribution in [0.3, 0.4) is 0 Å². The predicted octanol–water partition coefficient (Wildman–Crippen LogP) is 2.34. The van der Waals surface area contributed by atoms with E-state index in [9.17, 15) is 14.7 Å². The summed E-state index contributed by atoms with van der Waals surface area (Å²) in [6.45, 7) is 6.25. The molecule has 1 aromatic carbocycles. The van der Waals surface area contributed by atoms with Crippen LogP contribution in [0.25, 0.3) is 0 Å². The standard InChI is InChI=1S/C19H23N3O4/c1-19(2,3)18-20-15(26-21-18)8-9-16(23)22-11-13-7-5-4-6-12(13)10-14(22)17(24)25/h4-7,14H,8-11H2,1-3H3,(H,24,25)/t14-/m1/s1. The molecule has 1 aromatic heterocycles. The van der Waals surface area contributed by atoms with E-state index in [-0.39, 0.29) is 17.7 Å². The number of carboxylic acids is 1. The number of hydrogen-bond donors (Lipinski definition) is 1. The van der Waals surface area contributed by atoms with Gasteiger partial charge in [0.1, 0.15) is 6.04 Å². The number of nitrogens with zero attached hydrogens (tertiary/aromatic N) is 3. The maximum atomic E-state index is 12.7. The minimum Gasteiger partial charge on any atom is -0.480 e. The number of fused-ring (bicyclic) bond motifs is 1. The molecule has 0 unspecified atom stereocenters. The molecule has 0 saturated heterocycles. The molecular formula is C19H23N3O4. The molecule has 7 heteroatoms. The lowest BCUT2D eigenvalue weighted by atomic mass is 9.93. The van der Waals surface area contributed by atoms with Crippen molar-refractivity contribution in [1.29, 1.82) is 0 Å². The van der Waals surface area contributed by atoms with Crippen molar-refractivity contribution in [2.24, 2.45) is 0 Å². The Balaban J connectivity index is 1.70. The summed E-state index contributed by atoms with van der Waals surface area (Å²) in [5, 5.41) is 13.5. The topological polar surface area (TPSA) is 96.5 Å². The number of rotatable bonds is 4. The van der Waals surface area contributed by atoms with Crippen LogP contribution in [0.2, 0.25) is 0 Å². The number of amides is 1. The van der Waals surface area contributed by atoms with E-state index < -0.39 is 12.0 Å². The minimum absolute atomic E-state index is 0.137. The molecule has 1 aliphatic rings. The quantitative estimate of drug-likeness (QED) is 0.902. The van der Waals surface area contributed by atoms with Crippen molar-refractivity contribution in [3.63, 3.8) is 0 Å². The normalized spacial score (nSPS) is 17.0. The highest BCUT2D eigenvalue weighted by molar-refractivity contribution is 5.84. The van der Waals surface area contributed by atoms with E-state index in [1.807, 2.05) is 45.0 Å². The number of aliphatic carboxylic acids is 1. The Kier molecular flexibility index (Phi) is 4.80. The second kappa shape index (κ2) is 6.90. The number of carbonyl (C=O) groups is 2. The maximum absolute atomic E-state index is 12.7. The van der Waals surface area contributed by atoms with Crippen LogP contribution in [0.1, 0.15) is 50.0 Å². The molecule has 1 N–H and O–H groups in total. The zero-order valence-electron chi connectivity index (χ0n) is 15.2. The Hall–Kier alpha value is -2.70. The fourth-order valence-corrected chi connectivity index (χ4v) is 3.02. The van der Waals surface area contributed by atoms with Gasteiger partial charge in [-0.15, -0.1) is 0 Å². The van der Waals surface area contributed by atoms with Gasteiger partial charge in [-0.25, -0.2) is 4.79 Å². The summed E-state index contributed by atoms with van der Waals surface area (Å²) in [5.41, 5.74) is 1.75. The van der Waals surface area contributed by atoms with Crippen LogP contribution in [-0.4, -0.2) is 38.1 Å². The van der Waals surface area contributed by atoms with Crippen LogP contribution in [-0.2, 0) is 34.4 Å². The van der Waals surface area contributed by atoms with E-state index in [0.29, 0.717) is 31.1 Å². The highest BCUT2D eigenvalue weighted by atomic mass is 16.5. The molecule has 0 bridgehead atoms. The van der Waals surface area contributed by atoms with Gasteiger partial charge in [0.05, 0.1) is 0 Å². The number of hydrogen-bond acceptors (Lipinski definition) is 5. The molecule has 0 spiro atoms. The Labute approximate surface area is 152 Å². The second-order valence-corrected chi connectivity index (χ2v) is 7.61. The second-order valence-electron chi connectivity index (χ2n) is 7.61. The lowest BCUT2D eigenvalue weighted by molar-refractivity contribution is -0.151. The monoisotopic (exact) mass is 357 g/mol. The van der Waals surface area contributed by atoms with E-state index in [4.69, 9.17) is 4.52 Å². The smallest absolute Gasteiger partial charge is 0.326 e. The van der Waals surface area contributed by atoms with Gasteiger partial charge in [0, 0.05) is 31.2 Å². The average Bonchev–Trinajstić information content (AvgIpc) is 3.08. The molecule has 1 amide bonds. The SMILES string of the molecule is CC(C)(C)c1noc(CCC(=O)N2Cc3ccccc3C[C@@H]2C(=O)O)n1. The first kappa shape index (κ1) is 18.1. The maximum Gasteiger partial charge on any atom is 0.326 e. The van der Waals surface area contributed by atoms with E-state index in [0.717, 1.165) is 11.1 Å². The molecule has 2 aromatic rings. The summed E-state index contributed by atoms with van der Waals surface area (Å²) in [7, 11) is 0. The van der Waals surface area contributed by atoms with Gasteiger partial charge in [-0.2, -0.15) is 4.98 Å². The fourth-order valence-electron chi connectivity index (χ4n) is 3.02. The van der Waals surface area contributed by atoms with Crippen LogP contribution in [0, 0.1) is 0 Å². The summed E-state index contributed by atoms with van der Waals surface area (Å²) in [5.74, 6) is -0.217. The third-order valence-electron chi connectivity index (χ3n) is 4.55. The fraction of sp³-hybridized carbons (Fsp3) is 0.474. The van der Waals surface area contributed by atoms with E-state index in [1.165, 1.54) is 4.90 Å². The molecule has 138 valence electrons. The number of aryl methyl sites for hydroxylation is 1. The molecule has 1 aliphatic heterocycles. The van der Waals surface area contributed by atoms with Crippen molar-refractivity contribution in [3.8, 4) is 0 Å². The van der Waals surface area contributed by atoms with Gasteiger partial charge in [-0.1, -0.05) is 50.2 Å². The first-order valence-electron chi connectivity index (χ1n) is 8.68. The molecule has 0 saturated carbocycles. The zero-order valence-corrected chi connectivity index (χ0v) is 15.2. The Morgan fingerprint density at radius 1 is 1.27 bits per heavy atom. The van der Waals surface area contributed by atoms with Crippen molar-refractivity contribution in [2.45, 2.75) is 58.0 Å². The highest BCUT2D eigenvalue weighted by Crippen LogP contribution is 2.25. The third-order valence-corrected chi connectivity index (χ3v) is 4.55. The third kappa shape index (κ3) is 3.76. The van der Waals surface area contributed by atoms with Crippen LogP contribution in [0.5, 0.6) is 0 Å². The van der Waals surface area contributed by atoms with Gasteiger partial charge in [-0.3, -0.25) is 4.79 Å². The van der Waals surface area contributed by atoms with Crippen LogP contribution < -0.4 is 0 Å². The molecule has 1 atom stereocenters. The molecule has 0 aliphatic carbocycles. The van der Waals surface area contributed by atoms with Gasteiger partial charge in [0.2, 0.25) is 11.8 Å². The highest BCUT2D eigenvalue weighted by Gasteiger charge is 2.34. The molecule has 0 fully saturated rings. The summed E-state index contributed by atoms with van der Waals surface area (Å²) in [6, 6.07) is 6.79. The van der Waals surface area contributed by atoms with E-state index >= 15 is 0 Å². The van der Waals surface area contributed by atoms with Crippen molar-refractivity contribution >= 4 is 11.9 Å². The molecule has 3 rings (SSSR count). The van der Waals surface area contributed by atoms with E-state index in [2.05, 4.69) is 10.1 Å². The summed E-state index contributed by atoms with van der Waals surface area (Å²) >= 11 is 0. The van der Waals surface area contributed by atoms with Gasteiger partial charge < -0.3 is 14.5 Å². The lowest BCUT2D eigenvalue weighted by Gasteiger charge is -2.34. The molecule has 0 radical (unpaired) electrons. The first-order valence-corrected chi connectivity index (χ1v) is 8.68. The van der Waals surface area contributed by atoms with Gasteiger partial charge in [-0.05, 0) is 11.1 Å². The first-order chi connectivity index (χ1) is 12.3. The average molecular weight is 357 g/mol. The van der Waals surface area contributed by atoms with Crippen LogP contribution in [0.4, 0.5) is 0 Å². The molecule has 7 nitrogen and oxygen atoms in total. The van der Waals surface area contributed by atoms with Crippen molar-refractivity contribution < 1.29 is 19.2 Å². The van der Waals surface area contributed by atoms with Gasteiger partial charge in [0.25, 0.3) is 0 Å². The Bertz CT molecular complexity index is 822. The largest absolute Gasteiger partial charge is 0.480 e. The Morgan fingerprint density at radius 3 is 2.58 bits per heavy atom. The van der Waals surface area contributed by atoms with Gasteiger partial charge >= 0.3 is 5.97 Å².